The number of para-hydroxylation sites is 1. The van der Waals surface area contributed by atoms with Crippen LogP contribution < -0.4 is 20.9 Å². The van der Waals surface area contributed by atoms with E-state index in [1.165, 1.54) is 4.57 Å². The number of anilines is 1. The van der Waals surface area contributed by atoms with Crippen molar-refractivity contribution in [3.63, 3.8) is 0 Å². The summed E-state index contributed by atoms with van der Waals surface area (Å²) in [7, 11) is 3.17. The van der Waals surface area contributed by atoms with Crippen molar-refractivity contribution in [3.8, 4) is 11.4 Å². The van der Waals surface area contributed by atoms with Gasteiger partial charge in [-0.25, -0.2) is 9.55 Å². The number of hydrogen-bond acceptors (Lipinski definition) is 6. The maximum atomic E-state index is 14.2. The van der Waals surface area contributed by atoms with Gasteiger partial charge >= 0.3 is 0 Å². The molecule has 0 aliphatic carbocycles. The maximum Gasteiger partial charge on any atom is 0.263 e. The van der Waals surface area contributed by atoms with E-state index in [-0.39, 0.29) is 41.0 Å². The minimum absolute atomic E-state index is 0.138. The Balaban J connectivity index is 1.59. The van der Waals surface area contributed by atoms with E-state index in [0.29, 0.717) is 51.2 Å². The highest BCUT2D eigenvalue weighted by Gasteiger charge is 2.32. The van der Waals surface area contributed by atoms with Gasteiger partial charge in [0.25, 0.3) is 17.4 Å². The summed E-state index contributed by atoms with van der Waals surface area (Å²) in [5, 5.41) is 6.65. The monoisotopic (exact) mass is 619 g/mol. The number of halogens is 2. The smallest absolute Gasteiger partial charge is 0.263 e. The summed E-state index contributed by atoms with van der Waals surface area (Å²) in [6.07, 6.45) is 0.312. The second-order valence-electron chi connectivity index (χ2n) is 10.4. The van der Waals surface area contributed by atoms with Gasteiger partial charge in [-0.15, -0.1) is 0 Å². The third-order valence-corrected chi connectivity index (χ3v) is 8.35. The average Bonchev–Trinajstić information content (AvgIpc) is 3.02. The van der Waals surface area contributed by atoms with Gasteiger partial charge in [0, 0.05) is 35.3 Å². The van der Waals surface area contributed by atoms with Gasteiger partial charge < -0.3 is 20.3 Å². The van der Waals surface area contributed by atoms with Crippen LogP contribution in [0.25, 0.3) is 5.69 Å². The molecule has 222 valence electrons. The van der Waals surface area contributed by atoms with Crippen LogP contribution in [0.4, 0.5) is 5.95 Å². The number of fused-ring (bicyclic) bond motifs is 1. The van der Waals surface area contributed by atoms with Gasteiger partial charge in [0.15, 0.2) is 0 Å². The Kier molecular flexibility index (Phi) is 8.75. The molecule has 1 unspecified atom stereocenters. The molecule has 2 heterocycles. The van der Waals surface area contributed by atoms with Crippen molar-refractivity contribution in [1.82, 2.24) is 19.8 Å². The Morgan fingerprint density at radius 2 is 1.72 bits per heavy atom. The van der Waals surface area contributed by atoms with Crippen LogP contribution in [-0.2, 0) is 13.0 Å². The van der Waals surface area contributed by atoms with E-state index in [0.717, 1.165) is 5.56 Å². The predicted octanol–water partition coefficient (Wildman–Crippen LogP) is 5.67. The molecular weight excluding hydrogens is 589 g/mol. The number of amides is 2. The summed E-state index contributed by atoms with van der Waals surface area (Å²) in [6, 6.07) is 18.5. The van der Waals surface area contributed by atoms with Gasteiger partial charge in [0.2, 0.25) is 5.95 Å². The molecule has 3 aromatic carbocycles. The van der Waals surface area contributed by atoms with Gasteiger partial charge in [0.05, 0.1) is 41.1 Å². The fraction of sp³-hybridized carbons (Fsp3) is 0.250. The van der Waals surface area contributed by atoms with E-state index in [2.05, 4.69) is 10.6 Å². The van der Waals surface area contributed by atoms with E-state index in [4.69, 9.17) is 32.9 Å². The van der Waals surface area contributed by atoms with Crippen molar-refractivity contribution in [2.75, 3.05) is 19.5 Å². The number of ether oxygens (including phenoxy) is 1. The minimum atomic E-state index is -0.297. The number of nitrogens with zero attached hydrogens (tertiary/aromatic N) is 3. The van der Waals surface area contributed by atoms with E-state index >= 15 is 0 Å². The highest BCUT2D eigenvalue weighted by Crippen LogP contribution is 2.30. The summed E-state index contributed by atoms with van der Waals surface area (Å²) < 4.78 is 7.08. The summed E-state index contributed by atoms with van der Waals surface area (Å²) in [4.78, 5) is 46.5. The molecule has 0 radical (unpaired) electrons. The molecule has 1 aliphatic rings. The first-order valence-corrected chi connectivity index (χ1v) is 14.5. The van der Waals surface area contributed by atoms with E-state index in [1.807, 2.05) is 38.1 Å². The summed E-state index contributed by atoms with van der Waals surface area (Å²) in [6.45, 7) is 3.99. The van der Waals surface area contributed by atoms with Crippen molar-refractivity contribution >= 4 is 41.0 Å². The molecule has 0 spiro atoms. The topological polar surface area (TPSA) is 106 Å². The predicted molar refractivity (Wildman–Crippen MR) is 168 cm³/mol. The number of methoxy groups -OCH3 is 1. The summed E-state index contributed by atoms with van der Waals surface area (Å²) >= 11 is 12.3. The molecule has 0 fully saturated rings. The highest BCUT2D eigenvalue weighted by atomic mass is 35.5. The second kappa shape index (κ2) is 12.5. The van der Waals surface area contributed by atoms with Crippen LogP contribution >= 0.6 is 23.2 Å². The van der Waals surface area contributed by atoms with Gasteiger partial charge in [0.1, 0.15) is 5.75 Å². The Bertz CT molecular complexity index is 1760. The lowest BCUT2D eigenvalue weighted by Crippen LogP contribution is -2.46. The van der Waals surface area contributed by atoms with Gasteiger partial charge in [-0.2, -0.15) is 0 Å². The largest absolute Gasteiger partial charge is 0.496 e. The Labute approximate surface area is 259 Å². The molecule has 0 saturated carbocycles. The molecule has 2 N–H and O–H groups in total. The van der Waals surface area contributed by atoms with Crippen LogP contribution in [0.5, 0.6) is 5.75 Å². The van der Waals surface area contributed by atoms with Gasteiger partial charge in [-0.3, -0.25) is 14.4 Å². The van der Waals surface area contributed by atoms with Crippen molar-refractivity contribution < 1.29 is 14.3 Å². The molecule has 11 heteroatoms. The Hall–Kier alpha value is -4.34. The number of hydrogen-bond donors (Lipinski definition) is 2. The molecule has 9 nitrogen and oxygen atoms in total. The zero-order valence-corrected chi connectivity index (χ0v) is 25.7. The number of carbonyl (C=O) groups excluding carboxylic acids is 2. The molecule has 43 heavy (non-hydrogen) atoms. The van der Waals surface area contributed by atoms with Crippen LogP contribution in [0.15, 0.2) is 71.5 Å². The van der Waals surface area contributed by atoms with E-state index in [1.54, 1.807) is 61.5 Å². The molecule has 5 rings (SSSR count). The lowest BCUT2D eigenvalue weighted by molar-refractivity contribution is 0.0653. The highest BCUT2D eigenvalue weighted by molar-refractivity contribution is 6.42. The van der Waals surface area contributed by atoms with Crippen LogP contribution in [0.2, 0.25) is 10.0 Å². The molecular formula is C32H31Cl2N5O4. The van der Waals surface area contributed by atoms with E-state index in [9.17, 15) is 14.4 Å². The number of rotatable bonds is 7. The van der Waals surface area contributed by atoms with Gasteiger partial charge in [-0.05, 0) is 68.8 Å². The van der Waals surface area contributed by atoms with Crippen LogP contribution in [0.1, 0.15) is 57.4 Å². The first-order valence-electron chi connectivity index (χ1n) is 13.8. The Morgan fingerprint density at radius 3 is 2.40 bits per heavy atom. The average molecular weight is 621 g/mol. The maximum absolute atomic E-state index is 14.2. The first-order chi connectivity index (χ1) is 20.6. The molecule has 0 saturated heterocycles. The second-order valence-corrected chi connectivity index (χ2v) is 11.2. The van der Waals surface area contributed by atoms with Crippen LogP contribution in [0.3, 0.4) is 0 Å². The summed E-state index contributed by atoms with van der Waals surface area (Å²) in [5.74, 6) is 0.526. The number of carbonyl (C=O) groups is 2. The standard InChI is InChI=1S/C32H31Cl2N5O4/c1-18-15-24-27(17-38(18)30(41)21-11-14-25(33)26(34)16-21)37-32(36-19(2)23-7-5-6-8-28(23)43-4)39(31(24)42)22-12-9-20(10-13-22)29(40)35-3/h5-14,16,18-19H,15,17H2,1-4H3,(H,35,40)(H,36,37)/t18-,19?/m1/s1. The third kappa shape index (κ3) is 5.96. The molecule has 2 amide bonds. The molecule has 1 aliphatic heterocycles. The SMILES string of the molecule is CNC(=O)c1ccc(-n2c(NC(C)c3ccccc3OC)nc3c(c2=O)C[C@@H](C)N(C(=O)c2ccc(Cl)c(Cl)c2)C3)cc1. The number of aromatic nitrogens is 2. The molecule has 2 atom stereocenters. The zero-order chi connectivity index (χ0) is 30.8. The molecule has 1 aromatic heterocycles. The Morgan fingerprint density at radius 1 is 1.02 bits per heavy atom. The molecule has 4 aromatic rings. The lowest BCUT2D eigenvalue weighted by Gasteiger charge is -2.35. The van der Waals surface area contributed by atoms with Crippen molar-refractivity contribution in [3.05, 3.63) is 115 Å². The van der Waals surface area contributed by atoms with Crippen LogP contribution in [-0.4, -0.2) is 46.5 Å². The fourth-order valence-corrected chi connectivity index (χ4v) is 5.56. The number of benzene rings is 3. The summed E-state index contributed by atoms with van der Waals surface area (Å²) in [5.41, 5.74) is 3.07. The fourth-order valence-electron chi connectivity index (χ4n) is 5.26. The van der Waals surface area contributed by atoms with Crippen molar-refractivity contribution in [1.29, 1.82) is 0 Å². The first kappa shape index (κ1) is 30.1. The minimum Gasteiger partial charge on any atom is -0.496 e. The van der Waals surface area contributed by atoms with E-state index < -0.39 is 0 Å². The molecule has 0 bridgehead atoms. The third-order valence-electron chi connectivity index (χ3n) is 7.61. The lowest BCUT2D eigenvalue weighted by atomic mass is 9.98. The normalized spacial score (nSPS) is 14.9. The van der Waals surface area contributed by atoms with Crippen LogP contribution in [0, 0.1) is 0 Å². The van der Waals surface area contributed by atoms with Crippen molar-refractivity contribution in [2.45, 2.75) is 38.9 Å². The van der Waals surface area contributed by atoms with Gasteiger partial charge in [-0.1, -0.05) is 41.4 Å². The zero-order valence-electron chi connectivity index (χ0n) is 24.2. The van der Waals surface area contributed by atoms with Crippen molar-refractivity contribution in [2.24, 2.45) is 0 Å². The quantitative estimate of drug-likeness (QED) is 0.276. The number of nitrogens with one attached hydrogen (secondary N) is 2.